The Bertz CT molecular complexity index is 539. The second kappa shape index (κ2) is 9.02. The van der Waals surface area contributed by atoms with Crippen molar-refractivity contribution in [3.05, 3.63) is 41.5 Å². The zero-order valence-electron chi connectivity index (χ0n) is 13.4. The lowest BCUT2D eigenvalue weighted by molar-refractivity contribution is 0.296. The molecule has 1 aromatic rings. The molecule has 0 radical (unpaired) electrons. The smallest absolute Gasteiger partial charge is 0.189 e. The summed E-state index contributed by atoms with van der Waals surface area (Å²) in [6.07, 6.45) is 2.58. The number of halogens is 1. The van der Waals surface area contributed by atoms with Crippen LogP contribution in [0, 0.1) is 12.8 Å². The van der Waals surface area contributed by atoms with Crippen molar-refractivity contribution < 1.29 is 4.74 Å². The quantitative estimate of drug-likeness (QED) is 0.311. The normalized spacial score (nSPS) is 14.2. The molecule has 0 heterocycles. The van der Waals surface area contributed by atoms with E-state index in [4.69, 9.17) is 10.5 Å². The summed E-state index contributed by atoms with van der Waals surface area (Å²) < 4.78 is 5.93. The molecule has 0 saturated heterocycles. The van der Waals surface area contributed by atoms with E-state index >= 15 is 0 Å². The highest BCUT2D eigenvalue weighted by molar-refractivity contribution is 14.0. The van der Waals surface area contributed by atoms with Gasteiger partial charge in [0.25, 0.3) is 0 Å². The number of nitrogens with one attached hydrogen (secondary N) is 1. The van der Waals surface area contributed by atoms with E-state index in [-0.39, 0.29) is 24.0 Å². The number of ether oxygens (including phenoxy) is 1. The second-order valence-electron chi connectivity index (χ2n) is 5.88. The largest absolute Gasteiger partial charge is 0.493 e. The van der Waals surface area contributed by atoms with E-state index in [0.717, 1.165) is 29.4 Å². The molecule has 3 N–H and O–H groups in total. The van der Waals surface area contributed by atoms with Crippen LogP contribution in [0.25, 0.3) is 0 Å². The average molecular weight is 415 g/mol. The van der Waals surface area contributed by atoms with Gasteiger partial charge in [-0.1, -0.05) is 24.3 Å². The first kappa shape index (κ1) is 18.8. The number of rotatable bonds is 7. The number of aliphatic imine (C=N–C) groups is 1. The van der Waals surface area contributed by atoms with Gasteiger partial charge in [-0.15, -0.1) is 24.0 Å². The summed E-state index contributed by atoms with van der Waals surface area (Å²) in [5.74, 6) is 2.11. The standard InChI is InChI=1S/C17H25N3O.HI/c1-12(2)9-19-17(18)20-10-15-7-4-13(3)8-16(15)21-11-14-5-6-14;/h4,7-8,14H,1,5-6,9-11H2,2-3H3,(H3,18,19,20);1H. The first-order chi connectivity index (χ1) is 10.0. The number of guanidine groups is 1. The monoisotopic (exact) mass is 415 g/mol. The molecule has 0 bridgehead atoms. The molecular weight excluding hydrogens is 389 g/mol. The number of benzene rings is 1. The van der Waals surface area contributed by atoms with Crippen LogP contribution in [-0.4, -0.2) is 19.1 Å². The summed E-state index contributed by atoms with van der Waals surface area (Å²) in [6, 6.07) is 6.21. The molecule has 5 heteroatoms. The number of aryl methyl sites for hydroxylation is 1. The minimum atomic E-state index is 0. The predicted molar refractivity (Wildman–Crippen MR) is 103 cm³/mol. The van der Waals surface area contributed by atoms with E-state index in [1.54, 1.807) is 0 Å². The second-order valence-corrected chi connectivity index (χ2v) is 5.88. The highest BCUT2D eigenvalue weighted by Crippen LogP contribution is 2.30. The molecule has 4 nitrogen and oxygen atoms in total. The van der Waals surface area contributed by atoms with Gasteiger partial charge in [0.1, 0.15) is 5.75 Å². The number of hydrogen-bond donors (Lipinski definition) is 2. The third-order valence-corrected chi connectivity index (χ3v) is 3.39. The van der Waals surface area contributed by atoms with Gasteiger partial charge in [-0.25, -0.2) is 4.99 Å². The molecule has 0 amide bonds. The highest BCUT2D eigenvalue weighted by atomic mass is 127. The van der Waals surface area contributed by atoms with Crippen molar-refractivity contribution in [1.29, 1.82) is 0 Å². The van der Waals surface area contributed by atoms with Crippen LogP contribution in [0.2, 0.25) is 0 Å². The lowest BCUT2D eigenvalue weighted by Gasteiger charge is -2.11. The van der Waals surface area contributed by atoms with Crippen molar-refractivity contribution in [2.24, 2.45) is 16.6 Å². The van der Waals surface area contributed by atoms with Crippen molar-refractivity contribution in [1.82, 2.24) is 5.32 Å². The van der Waals surface area contributed by atoms with Gasteiger partial charge < -0.3 is 15.8 Å². The van der Waals surface area contributed by atoms with Crippen molar-refractivity contribution in [3.8, 4) is 5.75 Å². The lowest BCUT2D eigenvalue weighted by Crippen LogP contribution is -2.32. The van der Waals surface area contributed by atoms with Gasteiger partial charge in [0, 0.05) is 12.1 Å². The van der Waals surface area contributed by atoms with Crippen LogP contribution in [0.3, 0.4) is 0 Å². The molecule has 0 spiro atoms. The van der Waals surface area contributed by atoms with Crippen LogP contribution in [0.4, 0.5) is 0 Å². The Labute approximate surface area is 150 Å². The Balaban J connectivity index is 0.00000242. The van der Waals surface area contributed by atoms with Crippen LogP contribution in [-0.2, 0) is 6.54 Å². The third kappa shape index (κ3) is 6.68. The molecule has 1 aromatic carbocycles. The first-order valence-corrected chi connectivity index (χ1v) is 7.45. The number of hydrogen-bond acceptors (Lipinski definition) is 2. The van der Waals surface area contributed by atoms with E-state index in [1.165, 1.54) is 18.4 Å². The molecule has 122 valence electrons. The third-order valence-electron chi connectivity index (χ3n) is 3.39. The summed E-state index contributed by atoms with van der Waals surface area (Å²) in [5.41, 5.74) is 9.13. The van der Waals surface area contributed by atoms with Crippen molar-refractivity contribution in [3.63, 3.8) is 0 Å². The minimum absolute atomic E-state index is 0. The van der Waals surface area contributed by atoms with Crippen LogP contribution in [0.1, 0.15) is 30.9 Å². The Morgan fingerprint density at radius 3 is 2.82 bits per heavy atom. The van der Waals surface area contributed by atoms with E-state index in [1.807, 2.05) is 6.92 Å². The molecule has 0 atom stereocenters. The molecule has 0 aliphatic heterocycles. The molecule has 1 fully saturated rings. The first-order valence-electron chi connectivity index (χ1n) is 7.45. The molecular formula is C17H26IN3O. The van der Waals surface area contributed by atoms with E-state index in [0.29, 0.717) is 19.0 Å². The molecule has 1 saturated carbocycles. The predicted octanol–water partition coefficient (Wildman–Crippen LogP) is 3.38. The molecule has 0 unspecified atom stereocenters. The van der Waals surface area contributed by atoms with Gasteiger partial charge in [-0.2, -0.15) is 0 Å². The van der Waals surface area contributed by atoms with Crippen LogP contribution in [0.5, 0.6) is 5.75 Å². The fourth-order valence-corrected chi connectivity index (χ4v) is 1.89. The zero-order valence-corrected chi connectivity index (χ0v) is 15.7. The maximum atomic E-state index is 5.93. The van der Waals surface area contributed by atoms with Crippen molar-refractivity contribution in [2.45, 2.75) is 33.2 Å². The number of nitrogens with zero attached hydrogens (tertiary/aromatic N) is 1. The van der Waals surface area contributed by atoms with Gasteiger partial charge in [0.2, 0.25) is 0 Å². The van der Waals surface area contributed by atoms with E-state index < -0.39 is 0 Å². The maximum Gasteiger partial charge on any atom is 0.189 e. The van der Waals surface area contributed by atoms with Gasteiger partial charge in [0.05, 0.1) is 13.2 Å². The van der Waals surface area contributed by atoms with Crippen molar-refractivity contribution in [2.75, 3.05) is 13.2 Å². The topological polar surface area (TPSA) is 59.6 Å². The zero-order chi connectivity index (χ0) is 15.2. The fourth-order valence-electron chi connectivity index (χ4n) is 1.89. The summed E-state index contributed by atoms with van der Waals surface area (Å²) in [6.45, 7) is 9.82. The van der Waals surface area contributed by atoms with Crippen LogP contribution in [0.15, 0.2) is 35.3 Å². The summed E-state index contributed by atoms with van der Waals surface area (Å²) in [7, 11) is 0. The Kier molecular flexibility index (Phi) is 7.72. The van der Waals surface area contributed by atoms with E-state index in [9.17, 15) is 0 Å². The van der Waals surface area contributed by atoms with E-state index in [2.05, 4.69) is 42.0 Å². The Morgan fingerprint density at radius 2 is 2.18 bits per heavy atom. The molecule has 0 aromatic heterocycles. The Morgan fingerprint density at radius 1 is 1.45 bits per heavy atom. The lowest BCUT2D eigenvalue weighted by atomic mass is 10.1. The summed E-state index contributed by atoms with van der Waals surface area (Å²) in [5, 5.41) is 3.03. The Hall–Kier alpha value is -1.24. The highest BCUT2D eigenvalue weighted by Gasteiger charge is 2.22. The fraction of sp³-hybridized carbons (Fsp3) is 0.471. The van der Waals surface area contributed by atoms with Gasteiger partial charge in [-0.05, 0) is 44.2 Å². The molecule has 1 aliphatic rings. The molecule has 1 aliphatic carbocycles. The summed E-state index contributed by atoms with van der Waals surface area (Å²) in [4.78, 5) is 4.36. The molecule has 2 rings (SSSR count). The minimum Gasteiger partial charge on any atom is -0.493 e. The molecule has 22 heavy (non-hydrogen) atoms. The maximum absolute atomic E-state index is 5.93. The summed E-state index contributed by atoms with van der Waals surface area (Å²) >= 11 is 0. The number of nitrogens with two attached hydrogens (primary N) is 1. The van der Waals surface area contributed by atoms with Gasteiger partial charge >= 0.3 is 0 Å². The van der Waals surface area contributed by atoms with Gasteiger partial charge in [-0.3, -0.25) is 0 Å². The van der Waals surface area contributed by atoms with Crippen molar-refractivity contribution >= 4 is 29.9 Å². The SMILES string of the molecule is C=C(C)CNC(N)=NCc1ccc(C)cc1OCC1CC1.I. The average Bonchev–Trinajstić information content (AvgIpc) is 3.26. The van der Waals surface area contributed by atoms with Crippen LogP contribution < -0.4 is 15.8 Å². The van der Waals surface area contributed by atoms with Gasteiger partial charge in [0.15, 0.2) is 5.96 Å². The van der Waals surface area contributed by atoms with Crippen LogP contribution >= 0.6 is 24.0 Å².